The van der Waals surface area contributed by atoms with E-state index < -0.39 is 0 Å². The molecule has 2 rings (SSSR count). The van der Waals surface area contributed by atoms with Gasteiger partial charge in [0.05, 0.1) is 0 Å². The first-order chi connectivity index (χ1) is 8.31. The number of nitrogens with one attached hydrogen (secondary N) is 1. The minimum Gasteiger partial charge on any atom is -0.314 e. The molecule has 1 N–H and O–H groups in total. The van der Waals surface area contributed by atoms with Gasteiger partial charge in [-0.25, -0.2) is 0 Å². The van der Waals surface area contributed by atoms with Crippen molar-refractivity contribution in [3.8, 4) is 0 Å². The van der Waals surface area contributed by atoms with Gasteiger partial charge in [0, 0.05) is 24.4 Å². The number of pyridine rings is 1. The van der Waals surface area contributed by atoms with E-state index >= 15 is 0 Å². The molecule has 1 aromatic heterocycles. The molecule has 2 atom stereocenters. The van der Waals surface area contributed by atoms with E-state index in [0.29, 0.717) is 6.04 Å². The molecular weight excluding hydrogens is 208 g/mol. The number of hydrogen-bond donors (Lipinski definition) is 1. The van der Waals surface area contributed by atoms with Crippen molar-refractivity contribution in [1.29, 1.82) is 0 Å². The molecule has 17 heavy (non-hydrogen) atoms. The van der Waals surface area contributed by atoms with Gasteiger partial charge >= 0.3 is 0 Å². The zero-order chi connectivity index (χ0) is 12.1. The molecule has 2 nitrogen and oxygen atoms in total. The summed E-state index contributed by atoms with van der Waals surface area (Å²) >= 11 is 0. The molecule has 0 radical (unpaired) electrons. The Kier molecular flexibility index (Phi) is 4.55. The summed E-state index contributed by atoms with van der Waals surface area (Å²) in [7, 11) is 0. The lowest BCUT2D eigenvalue weighted by atomic mass is 9.88. The van der Waals surface area contributed by atoms with Gasteiger partial charge in [0.15, 0.2) is 0 Å². The van der Waals surface area contributed by atoms with Gasteiger partial charge in [0.1, 0.15) is 0 Å². The van der Waals surface area contributed by atoms with Gasteiger partial charge < -0.3 is 5.32 Å². The van der Waals surface area contributed by atoms with Crippen LogP contribution in [0.5, 0.6) is 0 Å². The normalized spacial score (nSPS) is 24.8. The number of piperidine rings is 1. The van der Waals surface area contributed by atoms with Crippen molar-refractivity contribution in [3.63, 3.8) is 0 Å². The molecule has 0 bridgehead atoms. The molecule has 1 aliphatic heterocycles. The third-order valence-electron chi connectivity index (χ3n) is 3.93. The number of aryl methyl sites for hydroxylation is 1. The van der Waals surface area contributed by atoms with Crippen molar-refractivity contribution in [3.05, 3.63) is 29.6 Å². The van der Waals surface area contributed by atoms with E-state index in [-0.39, 0.29) is 0 Å². The Bertz CT molecular complexity index is 331. The topological polar surface area (TPSA) is 24.9 Å². The zero-order valence-corrected chi connectivity index (χ0v) is 11.1. The van der Waals surface area contributed by atoms with Crippen LogP contribution in [0.4, 0.5) is 0 Å². The first-order valence-electron chi connectivity index (χ1n) is 6.99. The highest BCUT2D eigenvalue weighted by atomic mass is 14.9. The molecule has 1 aliphatic rings. The Morgan fingerprint density at radius 2 is 2.24 bits per heavy atom. The van der Waals surface area contributed by atoms with Crippen LogP contribution < -0.4 is 5.32 Å². The van der Waals surface area contributed by atoms with Gasteiger partial charge in [0.25, 0.3) is 0 Å². The fourth-order valence-corrected chi connectivity index (χ4v) is 2.66. The van der Waals surface area contributed by atoms with Crippen LogP contribution in [0.2, 0.25) is 0 Å². The van der Waals surface area contributed by atoms with E-state index in [0.717, 1.165) is 18.8 Å². The Morgan fingerprint density at radius 1 is 1.35 bits per heavy atom. The lowest BCUT2D eigenvalue weighted by Crippen LogP contribution is -2.39. The van der Waals surface area contributed by atoms with E-state index in [4.69, 9.17) is 0 Å². The first kappa shape index (κ1) is 12.6. The molecule has 0 saturated carbocycles. The number of hydrogen-bond acceptors (Lipinski definition) is 2. The van der Waals surface area contributed by atoms with Crippen molar-refractivity contribution in [1.82, 2.24) is 10.3 Å². The van der Waals surface area contributed by atoms with E-state index in [1.165, 1.54) is 37.1 Å². The summed E-state index contributed by atoms with van der Waals surface area (Å²) in [5.41, 5.74) is 2.56. The Balaban J connectivity index is 1.90. The summed E-state index contributed by atoms with van der Waals surface area (Å²) in [6.07, 6.45) is 8.16. The van der Waals surface area contributed by atoms with Crippen molar-refractivity contribution in [2.24, 2.45) is 5.92 Å². The number of rotatable bonds is 4. The fourth-order valence-electron chi connectivity index (χ4n) is 2.66. The van der Waals surface area contributed by atoms with E-state index in [9.17, 15) is 0 Å². The van der Waals surface area contributed by atoms with Gasteiger partial charge in [-0.05, 0) is 43.4 Å². The van der Waals surface area contributed by atoms with Crippen LogP contribution in [0.25, 0.3) is 0 Å². The molecule has 94 valence electrons. The third-order valence-corrected chi connectivity index (χ3v) is 3.93. The Hall–Kier alpha value is -0.890. The average Bonchev–Trinajstić information content (AvgIpc) is 2.40. The molecule has 2 heterocycles. The van der Waals surface area contributed by atoms with E-state index in [2.05, 4.69) is 36.3 Å². The monoisotopic (exact) mass is 232 g/mol. The summed E-state index contributed by atoms with van der Waals surface area (Å²) < 4.78 is 0. The summed E-state index contributed by atoms with van der Waals surface area (Å²) in [5, 5.41) is 3.62. The molecule has 0 aromatic carbocycles. The molecule has 2 unspecified atom stereocenters. The van der Waals surface area contributed by atoms with Crippen LogP contribution >= 0.6 is 0 Å². The van der Waals surface area contributed by atoms with Crippen LogP contribution in [0.3, 0.4) is 0 Å². The van der Waals surface area contributed by atoms with Crippen molar-refractivity contribution < 1.29 is 0 Å². The Morgan fingerprint density at radius 3 is 2.88 bits per heavy atom. The van der Waals surface area contributed by atoms with Crippen molar-refractivity contribution in [2.75, 3.05) is 6.54 Å². The highest BCUT2D eigenvalue weighted by Crippen LogP contribution is 2.21. The minimum absolute atomic E-state index is 0.633. The smallest absolute Gasteiger partial charge is 0.0419 e. The summed E-state index contributed by atoms with van der Waals surface area (Å²) in [6.45, 7) is 5.66. The van der Waals surface area contributed by atoms with E-state index in [1.807, 2.05) is 6.20 Å². The summed E-state index contributed by atoms with van der Waals surface area (Å²) in [6, 6.07) is 5.03. The predicted octanol–water partition coefficient (Wildman–Crippen LogP) is 2.96. The highest BCUT2D eigenvalue weighted by Gasteiger charge is 2.20. The second-order valence-electron chi connectivity index (χ2n) is 5.17. The minimum atomic E-state index is 0.633. The van der Waals surface area contributed by atoms with Crippen LogP contribution in [0.15, 0.2) is 18.3 Å². The lowest BCUT2D eigenvalue weighted by molar-refractivity contribution is 0.293. The standard InChI is InChI=1S/C15H24N2/c1-3-12-7-8-16-15(9-12)10-14-6-5-13(4-2)11-17-14/h5-6,11-12,15-16H,3-4,7-10H2,1-2H3. The average molecular weight is 232 g/mol. The molecule has 2 heteroatoms. The zero-order valence-electron chi connectivity index (χ0n) is 11.1. The molecule has 0 spiro atoms. The van der Waals surface area contributed by atoms with Crippen LogP contribution in [0, 0.1) is 5.92 Å². The highest BCUT2D eigenvalue weighted by molar-refractivity contribution is 5.14. The second kappa shape index (κ2) is 6.15. The maximum Gasteiger partial charge on any atom is 0.0419 e. The van der Waals surface area contributed by atoms with Crippen molar-refractivity contribution in [2.45, 2.75) is 52.0 Å². The number of nitrogens with zero attached hydrogens (tertiary/aromatic N) is 1. The van der Waals surface area contributed by atoms with Gasteiger partial charge in [-0.3, -0.25) is 4.98 Å². The van der Waals surface area contributed by atoms with Crippen LogP contribution in [-0.2, 0) is 12.8 Å². The van der Waals surface area contributed by atoms with Gasteiger partial charge in [0.2, 0.25) is 0 Å². The SMILES string of the molecule is CCc1ccc(CC2CC(CC)CCN2)nc1. The van der Waals surface area contributed by atoms with Gasteiger partial charge in [-0.2, -0.15) is 0 Å². The Labute approximate surface area is 105 Å². The first-order valence-corrected chi connectivity index (χ1v) is 6.99. The third kappa shape index (κ3) is 3.53. The molecular formula is C15H24N2. The van der Waals surface area contributed by atoms with Gasteiger partial charge in [-0.1, -0.05) is 26.3 Å². The van der Waals surface area contributed by atoms with Crippen molar-refractivity contribution >= 4 is 0 Å². The molecule has 1 saturated heterocycles. The largest absolute Gasteiger partial charge is 0.314 e. The molecule has 1 fully saturated rings. The quantitative estimate of drug-likeness (QED) is 0.863. The molecule has 0 amide bonds. The lowest BCUT2D eigenvalue weighted by Gasteiger charge is -2.29. The van der Waals surface area contributed by atoms with Crippen LogP contribution in [0.1, 0.15) is 44.4 Å². The van der Waals surface area contributed by atoms with Gasteiger partial charge in [-0.15, -0.1) is 0 Å². The summed E-state index contributed by atoms with van der Waals surface area (Å²) in [4.78, 5) is 4.55. The maximum absolute atomic E-state index is 4.55. The predicted molar refractivity (Wildman–Crippen MR) is 72.1 cm³/mol. The van der Waals surface area contributed by atoms with E-state index in [1.54, 1.807) is 0 Å². The fraction of sp³-hybridized carbons (Fsp3) is 0.667. The molecule has 0 aliphatic carbocycles. The van der Waals surface area contributed by atoms with Crippen LogP contribution in [-0.4, -0.2) is 17.6 Å². The second-order valence-corrected chi connectivity index (χ2v) is 5.17. The maximum atomic E-state index is 4.55. The molecule has 1 aromatic rings. The number of aromatic nitrogens is 1. The summed E-state index contributed by atoms with van der Waals surface area (Å²) in [5.74, 6) is 0.913.